The second-order valence-electron chi connectivity index (χ2n) is 9.80. The lowest BCUT2D eigenvalue weighted by Crippen LogP contribution is -2.40. The molecule has 0 amide bonds. The first-order valence-electron chi connectivity index (χ1n) is 13.8. The van der Waals surface area contributed by atoms with Gasteiger partial charge in [-0.3, -0.25) is 9.36 Å². The van der Waals surface area contributed by atoms with E-state index in [4.69, 9.17) is 14.5 Å². The predicted octanol–water partition coefficient (Wildman–Crippen LogP) is 6.28. The highest BCUT2D eigenvalue weighted by atomic mass is 79.9. The number of carbonyl (C=O) groups is 1. The van der Waals surface area contributed by atoms with Crippen molar-refractivity contribution in [2.75, 3.05) is 6.61 Å². The van der Waals surface area contributed by atoms with E-state index >= 15 is 0 Å². The normalized spacial score (nSPS) is 14.7. The number of ether oxygens (including phenoxy) is 2. The van der Waals surface area contributed by atoms with Crippen LogP contribution in [0.3, 0.4) is 0 Å². The van der Waals surface area contributed by atoms with Crippen LogP contribution in [0.2, 0.25) is 0 Å². The third-order valence-corrected chi connectivity index (χ3v) is 8.51. The van der Waals surface area contributed by atoms with Crippen molar-refractivity contribution in [1.29, 1.82) is 0 Å². The Kier molecular flexibility index (Phi) is 8.49. The zero-order chi connectivity index (χ0) is 29.8. The highest BCUT2D eigenvalue weighted by Gasteiger charge is 2.35. The Morgan fingerprint density at radius 3 is 2.33 bits per heavy atom. The van der Waals surface area contributed by atoms with Crippen molar-refractivity contribution in [1.82, 2.24) is 4.57 Å². The molecule has 0 N–H and O–H groups in total. The maximum absolute atomic E-state index is 14.2. The predicted molar refractivity (Wildman–Crippen MR) is 172 cm³/mol. The second-order valence-corrected chi connectivity index (χ2v) is 11.7. The molecule has 6 rings (SSSR count). The zero-order valence-corrected chi connectivity index (χ0v) is 25.7. The molecule has 0 saturated carbocycles. The maximum atomic E-state index is 14.2. The summed E-state index contributed by atoms with van der Waals surface area (Å²) in [5.74, 6) is 0.160. The summed E-state index contributed by atoms with van der Waals surface area (Å²) in [6.45, 7) is 2.35. The van der Waals surface area contributed by atoms with Crippen LogP contribution in [-0.4, -0.2) is 17.1 Å². The molecule has 43 heavy (non-hydrogen) atoms. The number of para-hydroxylation sites is 1. The van der Waals surface area contributed by atoms with Crippen molar-refractivity contribution in [2.24, 2.45) is 4.99 Å². The molecule has 214 valence electrons. The number of hydrogen-bond acceptors (Lipinski definition) is 6. The maximum Gasteiger partial charge on any atom is 0.338 e. The monoisotopic (exact) mass is 650 g/mol. The van der Waals surface area contributed by atoms with E-state index in [0.29, 0.717) is 33.0 Å². The summed E-state index contributed by atoms with van der Waals surface area (Å²) in [4.78, 5) is 33.1. The summed E-state index contributed by atoms with van der Waals surface area (Å²) >= 11 is 4.75. The Morgan fingerprint density at radius 2 is 1.60 bits per heavy atom. The fraction of sp³-hybridized carbons (Fsp3) is 0.114. The molecule has 0 spiro atoms. The minimum Gasteiger partial charge on any atom is -0.488 e. The molecule has 5 aromatic rings. The molecule has 0 aliphatic carbocycles. The molecule has 0 bridgehead atoms. The molecule has 8 heteroatoms. The van der Waals surface area contributed by atoms with Gasteiger partial charge < -0.3 is 9.47 Å². The van der Waals surface area contributed by atoms with Gasteiger partial charge in [-0.25, -0.2) is 9.79 Å². The number of thiazole rings is 1. The number of carbonyl (C=O) groups excluding carboxylic acids is 1. The van der Waals surface area contributed by atoms with Crippen LogP contribution in [0.4, 0.5) is 0 Å². The van der Waals surface area contributed by atoms with Crippen LogP contribution in [0.25, 0.3) is 11.8 Å². The fourth-order valence-corrected chi connectivity index (χ4v) is 6.26. The van der Waals surface area contributed by atoms with Crippen molar-refractivity contribution < 1.29 is 14.3 Å². The van der Waals surface area contributed by atoms with Gasteiger partial charge in [0.15, 0.2) is 4.80 Å². The molecular weight excluding hydrogens is 624 g/mol. The number of esters is 1. The highest BCUT2D eigenvalue weighted by molar-refractivity contribution is 9.10. The smallest absolute Gasteiger partial charge is 0.338 e. The molecule has 0 fully saturated rings. The lowest BCUT2D eigenvalue weighted by Gasteiger charge is -2.25. The van der Waals surface area contributed by atoms with Crippen LogP contribution in [0.5, 0.6) is 5.75 Å². The Balaban J connectivity index is 1.51. The largest absolute Gasteiger partial charge is 0.488 e. The minimum absolute atomic E-state index is 0.202. The lowest BCUT2D eigenvalue weighted by molar-refractivity contribution is -0.138. The van der Waals surface area contributed by atoms with E-state index in [-0.39, 0.29) is 12.2 Å². The zero-order valence-electron chi connectivity index (χ0n) is 23.3. The molecule has 0 saturated heterocycles. The van der Waals surface area contributed by atoms with Crippen LogP contribution < -0.4 is 19.6 Å². The molecule has 0 radical (unpaired) electrons. The minimum atomic E-state index is -0.710. The van der Waals surface area contributed by atoms with Gasteiger partial charge in [-0.1, -0.05) is 118 Å². The molecule has 2 heterocycles. The summed E-state index contributed by atoms with van der Waals surface area (Å²) in [7, 11) is 0. The van der Waals surface area contributed by atoms with E-state index < -0.39 is 12.0 Å². The van der Waals surface area contributed by atoms with Gasteiger partial charge in [0.05, 0.1) is 28.5 Å². The van der Waals surface area contributed by atoms with E-state index in [9.17, 15) is 9.59 Å². The number of hydrogen-bond donors (Lipinski definition) is 0. The quantitative estimate of drug-likeness (QED) is 0.186. The van der Waals surface area contributed by atoms with Crippen LogP contribution >= 0.6 is 27.3 Å². The van der Waals surface area contributed by atoms with Gasteiger partial charge in [-0.15, -0.1) is 0 Å². The first kappa shape index (κ1) is 28.6. The molecule has 4 aromatic carbocycles. The van der Waals surface area contributed by atoms with Gasteiger partial charge in [0, 0.05) is 15.6 Å². The van der Waals surface area contributed by atoms with E-state index in [1.54, 1.807) is 11.5 Å². The number of rotatable bonds is 8. The van der Waals surface area contributed by atoms with E-state index in [0.717, 1.165) is 26.7 Å². The third kappa shape index (κ3) is 6.02. The van der Waals surface area contributed by atoms with E-state index in [2.05, 4.69) is 15.9 Å². The molecule has 0 unspecified atom stereocenters. The molecule has 1 aliphatic rings. The molecular formula is C35H27BrN2O4S. The van der Waals surface area contributed by atoms with Gasteiger partial charge in [0.2, 0.25) is 0 Å². The van der Waals surface area contributed by atoms with Crippen LogP contribution in [-0.2, 0) is 16.1 Å². The van der Waals surface area contributed by atoms with Crippen molar-refractivity contribution in [3.8, 4) is 5.75 Å². The molecule has 1 atom stereocenters. The number of aromatic nitrogens is 1. The van der Waals surface area contributed by atoms with Crippen molar-refractivity contribution in [3.05, 3.63) is 161 Å². The average Bonchev–Trinajstić information content (AvgIpc) is 3.35. The summed E-state index contributed by atoms with van der Waals surface area (Å²) in [5, 5.41) is 0. The first-order valence-corrected chi connectivity index (χ1v) is 15.4. The second kappa shape index (κ2) is 12.8. The number of nitrogens with zero attached hydrogens (tertiary/aromatic N) is 2. The Bertz CT molecular complexity index is 1980. The molecule has 1 aromatic heterocycles. The van der Waals surface area contributed by atoms with Crippen LogP contribution in [0, 0.1) is 0 Å². The van der Waals surface area contributed by atoms with Crippen molar-refractivity contribution in [3.63, 3.8) is 0 Å². The van der Waals surface area contributed by atoms with E-state index in [1.807, 2.05) is 115 Å². The van der Waals surface area contributed by atoms with Gasteiger partial charge in [0.25, 0.3) is 5.56 Å². The SMILES string of the molecule is CCOC(=O)C1=C(c2ccccc2)N=c2s/c(=C\c3ccccc3OCc3ccc(Br)cc3)c(=O)n2[C@H]1c1ccccc1. The standard InChI is InChI=1S/C35H27BrN2O4S/c1-2-41-34(40)30-31(24-11-5-3-6-12-24)37-35-38(32(30)25-13-7-4-8-14-25)33(39)29(43-35)21-26-15-9-10-16-28(26)42-22-23-17-19-27(36)20-18-23/h3-21,32H,2,22H2,1H3/b29-21-/t32-/m0/s1. The summed E-state index contributed by atoms with van der Waals surface area (Å²) in [6, 6.07) is 33.9. The van der Waals surface area contributed by atoms with E-state index in [1.165, 1.54) is 11.3 Å². The van der Waals surface area contributed by atoms with Crippen LogP contribution in [0.1, 0.15) is 35.2 Å². The summed E-state index contributed by atoms with van der Waals surface area (Å²) in [6.07, 6.45) is 1.83. The summed E-state index contributed by atoms with van der Waals surface area (Å²) < 4.78 is 14.8. The van der Waals surface area contributed by atoms with Gasteiger partial charge in [-0.2, -0.15) is 0 Å². The lowest BCUT2D eigenvalue weighted by atomic mass is 9.93. The molecule has 1 aliphatic heterocycles. The van der Waals surface area contributed by atoms with Gasteiger partial charge >= 0.3 is 5.97 Å². The Labute approximate surface area is 261 Å². The van der Waals surface area contributed by atoms with Crippen molar-refractivity contribution in [2.45, 2.75) is 19.6 Å². The first-order chi connectivity index (χ1) is 21.0. The third-order valence-electron chi connectivity index (χ3n) is 7.00. The topological polar surface area (TPSA) is 69.9 Å². The van der Waals surface area contributed by atoms with Gasteiger partial charge in [0.1, 0.15) is 12.4 Å². The van der Waals surface area contributed by atoms with Gasteiger partial charge in [-0.05, 0) is 42.3 Å². The number of benzene rings is 4. The fourth-order valence-electron chi connectivity index (χ4n) is 5.01. The number of fused-ring (bicyclic) bond motifs is 1. The highest BCUT2D eigenvalue weighted by Crippen LogP contribution is 2.35. The molecule has 6 nitrogen and oxygen atoms in total. The average molecular weight is 652 g/mol. The van der Waals surface area contributed by atoms with Crippen molar-refractivity contribution >= 4 is 45.0 Å². The van der Waals surface area contributed by atoms with Crippen LogP contribution in [0.15, 0.2) is 129 Å². The summed E-state index contributed by atoms with van der Waals surface area (Å²) in [5.41, 5.74) is 3.95. The number of halogens is 1. The Hall–Kier alpha value is -4.53. The Morgan fingerprint density at radius 1 is 0.930 bits per heavy atom.